The lowest BCUT2D eigenvalue weighted by Gasteiger charge is -2.21. The molecule has 1 N–H and O–H groups in total. The topological polar surface area (TPSA) is 82.5 Å². The van der Waals surface area contributed by atoms with Crippen LogP contribution in [0.1, 0.15) is 49.5 Å². The first kappa shape index (κ1) is 19.8. The number of hydrogen-bond donors (Lipinski definition) is 1. The lowest BCUT2D eigenvalue weighted by atomic mass is 9.89. The lowest BCUT2D eigenvalue weighted by molar-refractivity contribution is -0.116. The van der Waals surface area contributed by atoms with Gasteiger partial charge in [-0.25, -0.2) is 4.98 Å². The minimum Gasteiger partial charge on any atom is -0.448 e. The molecular formula is C24H25N3O4S. The van der Waals surface area contributed by atoms with Crippen molar-refractivity contribution in [3.63, 3.8) is 0 Å². The molecule has 1 amide bonds. The summed E-state index contributed by atoms with van der Waals surface area (Å²) >= 11 is 1.62. The highest BCUT2D eigenvalue weighted by Crippen LogP contribution is 2.47. The highest BCUT2D eigenvalue weighted by atomic mass is 32.1. The van der Waals surface area contributed by atoms with Gasteiger partial charge in [-0.2, -0.15) is 0 Å². The average Bonchev–Trinajstić information content (AvgIpc) is 3.46. The highest BCUT2D eigenvalue weighted by molar-refractivity contribution is 7.18. The molecule has 32 heavy (non-hydrogen) atoms. The second kappa shape index (κ2) is 7.33. The van der Waals surface area contributed by atoms with Crippen LogP contribution in [0, 0.1) is 5.92 Å². The summed E-state index contributed by atoms with van der Waals surface area (Å²) in [6.45, 7) is 2.16. The Morgan fingerprint density at radius 3 is 2.94 bits per heavy atom. The van der Waals surface area contributed by atoms with Gasteiger partial charge in [0.25, 0.3) is 11.3 Å². The molecule has 3 heterocycles. The Balaban J connectivity index is 1.21. The third-order valence-corrected chi connectivity index (χ3v) is 7.94. The average molecular weight is 452 g/mol. The number of amides is 1. The Morgan fingerprint density at radius 1 is 1.28 bits per heavy atom. The number of hydrogen-bond acceptors (Lipinski definition) is 6. The summed E-state index contributed by atoms with van der Waals surface area (Å²) in [5.41, 5.74) is 1.62. The van der Waals surface area contributed by atoms with E-state index in [1.54, 1.807) is 23.5 Å². The molecular weight excluding hydrogens is 426 g/mol. The van der Waals surface area contributed by atoms with Crippen LogP contribution in [0.15, 0.2) is 29.3 Å². The smallest absolute Gasteiger partial charge is 0.262 e. The summed E-state index contributed by atoms with van der Waals surface area (Å²) in [6, 6.07) is 5.42. The fraction of sp³-hybridized carbons (Fsp3) is 0.458. The molecule has 166 valence electrons. The number of rotatable bonds is 3. The van der Waals surface area contributed by atoms with Crippen molar-refractivity contribution in [1.29, 1.82) is 0 Å². The van der Waals surface area contributed by atoms with Crippen molar-refractivity contribution in [3.8, 4) is 11.5 Å². The molecule has 1 aliphatic heterocycles. The molecule has 1 unspecified atom stereocenters. The van der Waals surface area contributed by atoms with Gasteiger partial charge in [0, 0.05) is 29.5 Å². The molecule has 1 spiro atoms. The van der Waals surface area contributed by atoms with Crippen LogP contribution in [-0.4, -0.2) is 21.2 Å². The van der Waals surface area contributed by atoms with Gasteiger partial charge < -0.3 is 14.8 Å². The zero-order valence-corrected chi connectivity index (χ0v) is 18.8. The number of ether oxygens (including phenoxy) is 2. The number of carbonyl (C=O) groups is 1. The lowest BCUT2D eigenvalue weighted by Crippen LogP contribution is -2.34. The molecule has 1 atom stereocenters. The first-order valence-corrected chi connectivity index (χ1v) is 12.1. The molecule has 7 nitrogen and oxygen atoms in total. The molecule has 3 aromatic rings. The van der Waals surface area contributed by atoms with Crippen molar-refractivity contribution >= 4 is 33.1 Å². The number of nitrogens with one attached hydrogen (secondary N) is 1. The van der Waals surface area contributed by atoms with Crippen LogP contribution in [0.4, 0.5) is 5.69 Å². The van der Waals surface area contributed by atoms with Crippen LogP contribution in [0.2, 0.25) is 0 Å². The van der Waals surface area contributed by atoms with Crippen molar-refractivity contribution in [2.24, 2.45) is 5.92 Å². The number of anilines is 1. The van der Waals surface area contributed by atoms with Crippen LogP contribution in [0.5, 0.6) is 11.5 Å². The first-order chi connectivity index (χ1) is 15.5. The van der Waals surface area contributed by atoms with Crippen LogP contribution in [-0.2, 0) is 24.2 Å². The monoisotopic (exact) mass is 451 g/mol. The largest absolute Gasteiger partial charge is 0.448 e. The molecule has 1 saturated carbocycles. The fourth-order valence-corrected chi connectivity index (χ4v) is 6.46. The van der Waals surface area contributed by atoms with Gasteiger partial charge in [0.15, 0.2) is 11.5 Å². The summed E-state index contributed by atoms with van der Waals surface area (Å²) in [6.07, 6.45) is 8.43. The summed E-state index contributed by atoms with van der Waals surface area (Å²) in [5, 5.41) is 3.57. The maximum Gasteiger partial charge on any atom is 0.262 e. The zero-order chi connectivity index (χ0) is 21.9. The number of fused-ring (bicyclic) bond motifs is 4. The van der Waals surface area contributed by atoms with E-state index in [1.807, 2.05) is 6.07 Å². The van der Waals surface area contributed by atoms with Gasteiger partial charge in [0.2, 0.25) is 5.91 Å². The molecule has 0 saturated heterocycles. The van der Waals surface area contributed by atoms with Gasteiger partial charge >= 0.3 is 0 Å². The molecule has 2 aromatic heterocycles. The van der Waals surface area contributed by atoms with Crippen molar-refractivity contribution in [2.45, 2.75) is 64.2 Å². The SMILES string of the molecule is CC1CCc2c(sc3ncn(CC(=O)Nc4ccc5c(c4)OC4(CCCC4)O5)c(=O)c23)C1. The molecule has 3 aliphatic rings. The fourth-order valence-electron chi connectivity index (χ4n) is 5.12. The van der Waals surface area contributed by atoms with Crippen LogP contribution < -0.4 is 20.3 Å². The summed E-state index contributed by atoms with van der Waals surface area (Å²) in [4.78, 5) is 32.4. The molecule has 0 radical (unpaired) electrons. The van der Waals surface area contributed by atoms with Gasteiger partial charge in [-0.05, 0) is 55.7 Å². The van der Waals surface area contributed by atoms with Crippen molar-refractivity contribution in [1.82, 2.24) is 9.55 Å². The van der Waals surface area contributed by atoms with Crippen molar-refractivity contribution in [2.75, 3.05) is 5.32 Å². The summed E-state index contributed by atoms with van der Waals surface area (Å²) in [7, 11) is 0. The maximum atomic E-state index is 13.1. The van der Waals surface area contributed by atoms with Gasteiger partial charge in [-0.3, -0.25) is 14.2 Å². The Hall–Kier alpha value is -2.87. The number of aryl methyl sites for hydroxylation is 1. The van der Waals surface area contributed by atoms with Gasteiger partial charge in [-0.15, -0.1) is 11.3 Å². The third kappa shape index (κ3) is 3.28. The molecule has 1 aromatic carbocycles. The third-order valence-electron chi connectivity index (χ3n) is 6.78. The molecule has 0 bridgehead atoms. The van der Waals surface area contributed by atoms with Crippen LogP contribution in [0.3, 0.4) is 0 Å². The van der Waals surface area contributed by atoms with E-state index < -0.39 is 5.79 Å². The second-order valence-electron chi connectivity index (χ2n) is 9.24. The van der Waals surface area contributed by atoms with Crippen LogP contribution in [0.25, 0.3) is 10.2 Å². The van der Waals surface area contributed by atoms with E-state index in [2.05, 4.69) is 17.2 Å². The minimum absolute atomic E-state index is 0.0822. The quantitative estimate of drug-likeness (QED) is 0.643. The molecule has 1 fully saturated rings. The van der Waals surface area contributed by atoms with Crippen molar-refractivity contribution < 1.29 is 14.3 Å². The van der Waals surface area contributed by atoms with Gasteiger partial charge in [0.1, 0.15) is 11.4 Å². The standard InChI is InChI=1S/C24H25N3O4S/c1-14-4-6-16-19(10-14)32-22-21(16)23(29)27(13-25-22)12-20(28)26-15-5-7-17-18(11-15)31-24(30-17)8-2-3-9-24/h5,7,11,13-14H,2-4,6,8-10,12H2,1H3,(H,26,28). The Kier molecular flexibility index (Phi) is 4.54. The van der Waals surface area contributed by atoms with E-state index in [0.717, 1.165) is 55.3 Å². The van der Waals surface area contributed by atoms with Crippen molar-refractivity contribution in [3.05, 3.63) is 45.3 Å². The Labute approximate surface area is 189 Å². The van der Waals surface area contributed by atoms with E-state index >= 15 is 0 Å². The maximum absolute atomic E-state index is 13.1. The summed E-state index contributed by atoms with van der Waals surface area (Å²) in [5.74, 6) is 1.20. The Bertz CT molecular complexity index is 1290. The number of aromatic nitrogens is 2. The van der Waals surface area contributed by atoms with E-state index in [4.69, 9.17) is 9.47 Å². The van der Waals surface area contributed by atoms with E-state index in [1.165, 1.54) is 15.8 Å². The predicted molar refractivity (Wildman–Crippen MR) is 123 cm³/mol. The Morgan fingerprint density at radius 2 is 2.09 bits per heavy atom. The molecule has 6 rings (SSSR count). The predicted octanol–water partition coefficient (Wildman–Crippen LogP) is 4.26. The molecule has 2 aliphatic carbocycles. The highest BCUT2D eigenvalue weighted by Gasteiger charge is 2.44. The first-order valence-electron chi connectivity index (χ1n) is 11.3. The van der Waals surface area contributed by atoms with Gasteiger partial charge in [-0.1, -0.05) is 6.92 Å². The van der Waals surface area contributed by atoms with E-state index in [9.17, 15) is 9.59 Å². The van der Waals surface area contributed by atoms with Gasteiger partial charge in [0.05, 0.1) is 11.7 Å². The summed E-state index contributed by atoms with van der Waals surface area (Å²) < 4.78 is 13.5. The number of carbonyl (C=O) groups excluding carboxylic acids is 1. The van der Waals surface area contributed by atoms with E-state index in [-0.39, 0.29) is 18.0 Å². The zero-order valence-electron chi connectivity index (χ0n) is 18.0. The number of benzene rings is 1. The normalized spacial score (nSPS) is 20.6. The number of nitrogens with zero attached hydrogens (tertiary/aromatic N) is 2. The van der Waals surface area contributed by atoms with Crippen LogP contribution >= 0.6 is 11.3 Å². The van der Waals surface area contributed by atoms with E-state index in [0.29, 0.717) is 28.5 Å². The second-order valence-corrected chi connectivity index (χ2v) is 10.3. The number of thiophene rings is 1. The minimum atomic E-state index is -0.531. The molecule has 8 heteroatoms.